The molecule has 0 aliphatic carbocycles. The molecule has 0 aliphatic rings. The molecule has 154 valence electrons. The van der Waals surface area contributed by atoms with Gasteiger partial charge in [-0.2, -0.15) is 5.26 Å². The number of nitriles is 1. The number of amides is 2. The van der Waals surface area contributed by atoms with E-state index in [9.17, 15) is 19.6 Å². The van der Waals surface area contributed by atoms with E-state index in [2.05, 4.69) is 5.32 Å². The normalized spacial score (nSPS) is 11.7. The van der Waals surface area contributed by atoms with Crippen LogP contribution in [0, 0.1) is 11.3 Å². The van der Waals surface area contributed by atoms with Gasteiger partial charge in [-0.25, -0.2) is 4.79 Å². The fourth-order valence-electron chi connectivity index (χ4n) is 2.41. The predicted molar refractivity (Wildman–Crippen MR) is 114 cm³/mol. The fourth-order valence-corrected chi connectivity index (χ4v) is 2.41. The molecule has 0 unspecified atom stereocenters. The smallest absolute Gasteiger partial charge is 0.349 e. The number of anilines is 2. The van der Waals surface area contributed by atoms with Gasteiger partial charge in [-0.3, -0.25) is 9.59 Å². The van der Waals surface area contributed by atoms with Crippen molar-refractivity contribution in [2.75, 3.05) is 24.3 Å². The summed E-state index contributed by atoms with van der Waals surface area (Å²) in [7, 11) is 3.81. The summed E-state index contributed by atoms with van der Waals surface area (Å²) in [4.78, 5) is 37.5. The molecule has 2 amide bonds. The Kier molecular flexibility index (Phi) is 7.31. The molecule has 3 N–H and O–H groups in total. The summed E-state index contributed by atoms with van der Waals surface area (Å²) in [6.45, 7) is 1.39. The first-order valence-electron chi connectivity index (χ1n) is 9.02. The highest BCUT2D eigenvalue weighted by Gasteiger charge is 2.21. The molecular weight excluding hydrogens is 384 g/mol. The Bertz CT molecular complexity index is 1000. The molecule has 2 rings (SSSR count). The van der Waals surface area contributed by atoms with Crippen LogP contribution in [-0.2, 0) is 14.3 Å². The van der Waals surface area contributed by atoms with Crippen LogP contribution in [0.5, 0.6) is 0 Å². The fraction of sp³-hybridized carbons (Fsp3) is 0.182. The molecule has 8 nitrogen and oxygen atoms in total. The third-order valence-corrected chi connectivity index (χ3v) is 4.15. The Morgan fingerprint density at radius 2 is 1.70 bits per heavy atom. The Labute approximate surface area is 174 Å². The SMILES string of the molecule is C[C@@H](OC(=O)/C(C#N)=C/c1ccc(N(C)C)cc1)C(=O)Nc1ccc(C(N)=O)cc1. The average Bonchev–Trinajstić information content (AvgIpc) is 2.72. The van der Waals surface area contributed by atoms with Crippen molar-refractivity contribution in [3.63, 3.8) is 0 Å². The van der Waals surface area contributed by atoms with E-state index in [0.717, 1.165) is 5.69 Å². The number of primary amides is 1. The number of carbonyl (C=O) groups is 3. The second-order valence-electron chi connectivity index (χ2n) is 6.63. The molecule has 0 radical (unpaired) electrons. The number of hydrogen-bond donors (Lipinski definition) is 2. The first-order chi connectivity index (χ1) is 14.2. The standard InChI is InChI=1S/C22H22N4O4/c1-14(21(28)25-18-8-6-16(7-9-18)20(24)27)30-22(29)17(13-23)12-15-4-10-19(11-5-15)26(2)3/h4-12,14H,1-3H3,(H2,24,27)(H,25,28)/b17-12+/t14-/m1/s1. The third kappa shape index (κ3) is 5.94. The Balaban J connectivity index is 2.02. The van der Waals surface area contributed by atoms with Crippen molar-refractivity contribution in [1.82, 2.24) is 0 Å². The summed E-state index contributed by atoms with van der Waals surface area (Å²) in [6, 6.07) is 15.0. The van der Waals surface area contributed by atoms with Crippen LogP contribution in [-0.4, -0.2) is 38.0 Å². The van der Waals surface area contributed by atoms with Crippen molar-refractivity contribution < 1.29 is 19.1 Å². The molecule has 2 aromatic carbocycles. The van der Waals surface area contributed by atoms with Crippen LogP contribution < -0.4 is 16.0 Å². The van der Waals surface area contributed by atoms with E-state index in [1.807, 2.05) is 31.1 Å². The number of nitrogens with zero attached hydrogens (tertiary/aromatic N) is 2. The monoisotopic (exact) mass is 406 g/mol. The summed E-state index contributed by atoms with van der Waals surface area (Å²) < 4.78 is 5.11. The summed E-state index contributed by atoms with van der Waals surface area (Å²) >= 11 is 0. The highest BCUT2D eigenvalue weighted by Crippen LogP contribution is 2.16. The summed E-state index contributed by atoms with van der Waals surface area (Å²) in [5.41, 5.74) is 7.28. The molecule has 0 bridgehead atoms. The lowest BCUT2D eigenvalue weighted by Gasteiger charge is -2.13. The summed E-state index contributed by atoms with van der Waals surface area (Å²) in [5.74, 6) is -2.06. The number of ether oxygens (including phenoxy) is 1. The quantitative estimate of drug-likeness (QED) is 0.413. The zero-order valence-corrected chi connectivity index (χ0v) is 16.9. The molecule has 0 saturated heterocycles. The van der Waals surface area contributed by atoms with Crippen molar-refractivity contribution in [3.8, 4) is 6.07 Å². The van der Waals surface area contributed by atoms with Crippen LogP contribution >= 0.6 is 0 Å². The topological polar surface area (TPSA) is 126 Å². The lowest BCUT2D eigenvalue weighted by Crippen LogP contribution is -2.30. The lowest BCUT2D eigenvalue weighted by molar-refractivity contribution is -0.148. The van der Waals surface area contributed by atoms with Crippen LogP contribution in [0.15, 0.2) is 54.1 Å². The lowest BCUT2D eigenvalue weighted by atomic mass is 10.1. The number of nitrogens with one attached hydrogen (secondary N) is 1. The van der Waals surface area contributed by atoms with Gasteiger partial charge in [0.05, 0.1) is 0 Å². The van der Waals surface area contributed by atoms with E-state index >= 15 is 0 Å². The molecule has 0 spiro atoms. The number of benzene rings is 2. The Morgan fingerprint density at radius 1 is 1.10 bits per heavy atom. The van der Waals surface area contributed by atoms with E-state index < -0.39 is 23.9 Å². The van der Waals surface area contributed by atoms with E-state index in [1.165, 1.54) is 37.3 Å². The zero-order valence-electron chi connectivity index (χ0n) is 16.9. The van der Waals surface area contributed by atoms with Gasteiger partial charge in [0.2, 0.25) is 5.91 Å². The minimum absolute atomic E-state index is 0.224. The van der Waals surface area contributed by atoms with E-state index in [1.54, 1.807) is 18.2 Å². The van der Waals surface area contributed by atoms with E-state index in [0.29, 0.717) is 16.8 Å². The molecule has 2 aromatic rings. The number of esters is 1. The second-order valence-corrected chi connectivity index (χ2v) is 6.63. The van der Waals surface area contributed by atoms with Crippen LogP contribution in [0.3, 0.4) is 0 Å². The average molecular weight is 406 g/mol. The van der Waals surface area contributed by atoms with Gasteiger partial charge in [-0.05, 0) is 55.0 Å². The minimum Gasteiger partial charge on any atom is -0.448 e. The van der Waals surface area contributed by atoms with Crippen LogP contribution in [0.25, 0.3) is 6.08 Å². The minimum atomic E-state index is -1.14. The van der Waals surface area contributed by atoms with Gasteiger partial charge in [-0.1, -0.05) is 12.1 Å². The summed E-state index contributed by atoms with van der Waals surface area (Å²) in [6.07, 6.45) is 0.260. The molecule has 0 saturated carbocycles. The van der Waals surface area contributed by atoms with Crippen molar-refractivity contribution in [1.29, 1.82) is 5.26 Å². The molecule has 8 heteroatoms. The van der Waals surface area contributed by atoms with Crippen LogP contribution in [0.4, 0.5) is 11.4 Å². The Morgan fingerprint density at radius 3 is 2.20 bits per heavy atom. The van der Waals surface area contributed by atoms with Gasteiger partial charge in [0.1, 0.15) is 11.6 Å². The number of nitrogens with two attached hydrogens (primary N) is 1. The largest absolute Gasteiger partial charge is 0.448 e. The van der Waals surface area contributed by atoms with Gasteiger partial charge < -0.3 is 20.7 Å². The predicted octanol–water partition coefficient (Wildman–Crippen LogP) is 2.33. The van der Waals surface area contributed by atoms with Gasteiger partial charge in [-0.15, -0.1) is 0 Å². The maximum absolute atomic E-state index is 12.3. The van der Waals surface area contributed by atoms with Gasteiger partial charge >= 0.3 is 5.97 Å². The first-order valence-corrected chi connectivity index (χ1v) is 9.02. The molecule has 0 fully saturated rings. The maximum Gasteiger partial charge on any atom is 0.349 e. The van der Waals surface area contributed by atoms with Crippen molar-refractivity contribution in [2.45, 2.75) is 13.0 Å². The van der Waals surface area contributed by atoms with Gasteiger partial charge in [0.15, 0.2) is 6.10 Å². The highest BCUT2D eigenvalue weighted by molar-refractivity contribution is 6.01. The van der Waals surface area contributed by atoms with Crippen LogP contribution in [0.2, 0.25) is 0 Å². The maximum atomic E-state index is 12.3. The Hall–Kier alpha value is -4.12. The molecule has 30 heavy (non-hydrogen) atoms. The third-order valence-electron chi connectivity index (χ3n) is 4.15. The van der Waals surface area contributed by atoms with Gasteiger partial charge in [0, 0.05) is 31.0 Å². The van der Waals surface area contributed by atoms with Crippen LogP contribution in [0.1, 0.15) is 22.8 Å². The molecule has 1 atom stereocenters. The molecule has 0 aromatic heterocycles. The number of hydrogen-bond acceptors (Lipinski definition) is 6. The molecule has 0 aliphatic heterocycles. The molecular formula is C22H22N4O4. The van der Waals surface area contributed by atoms with E-state index in [4.69, 9.17) is 10.5 Å². The zero-order chi connectivity index (χ0) is 22.3. The summed E-state index contributed by atoms with van der Waals surface area (Å²) in [5, 5.41) is 11.9. The number of carbonyl (C=O) groups excluding carboxylic acids is 3. The van der Waals surface area contributed by atoms with Crippen molar-refractivity contribution in [3.05, 3.63) is 65.2 Å². The molecule has 0 heterocycles. The second kappa shape index (κ2) is 9.89. The highest BCUT2D eigenvalue weighted by atomic mass is 16.5. The first kappa shape index (κ1) is 22.2. The van der Waals surface area contributed by atoms with E-state index in [-0.39, 0.29) is 5.57 Å². The van der Waals surface area contributed by atoms with Gasteiger partial charge in [0.25, 0.3) is 5.91 Å². The number of rotatable bonds is 7. The van der Waals surface area contributed by atoms with Crippen molar-refractivity contribution in [2.24, 2.45) is 5.73 Å². The van der Waals surface area contributed by atoms with Crippen molar-refractivity contribution >= 4 is 35.2 Å².